The van der Waals surface area contributed by atoms with E-state index in [1.54, 1.807) is 5.57 Å². The van der Waals surface area contributed by atoms with Crippen molar-refractivity contribution < 1.29 is 0 Å². The SMILES string of the molecule is Cl.N#Cc1ccc(C=CCN2CCC(=C3c4ccccc4C=Cc4ccccc43)CC2)cc1. The smallest absolute Gasteiger partial charge is 0.0991 e. The van der Waals surface area contributed by atoms with E-state index < -0.39 is 0 Å². The topological polar surface area (TPSA) is 27.0 Å². The van der Waals surface area contributed by atoms with Crippen molar-refractivity contribution in [1.29, 1.82) is 5.26 Å². The molecule has 0 bridgehead atoms. The van der Waals surface area contributed by atoms with Crippen LogP contribution in [0.3, 0.4) is 0 Å². The van der Waals surface area contributed by atoms with Crippen molar-refractivity contribution in [2.24, 2.45) is 0 Å². The Kier molecular flexibility index (Phi) is 7.25. The highest BCUT2D eigenvalue weighted by Gasteiger charge is 2.21. The second-order valence-electron chi connectivity index (χ2n) is 8.42. The maximum absolute atomic E-state index is 8.93. The zero-order valence-electron chi connectivity index (χ0n) is 18.6. The van der Waals surface area contributed by atoms with Gasteiger partial charge in [-0.1, -0.05) is 90.5 Å². The van der Waals surface area contributed by atoms with Gasteiger partial charge in [-0.05, 0) is 58.4 Å². The fourth-order valence-corrected chi connectivity index (χ4v) is 4.71. The van der Waals surface area contributed by atoms with Crippen molar-refractivity contribution in [3.05, 3.63) is 118 Å². The van der Waals surface area contributed by atoms with Crippen LogP contribution in [0.4, 0.5) is 0 Å². The molecular weight excluding hydrogens is 424 g/mol. The van der Waals surface area contributed by atoms with Crippen molar-refractivity contribution in [2.45, 2.75) is 12.8 Å². The molecule has 1 fully saturated rings. The number of piperidine rings is 1. The van der Waals surface area contributed by atoms with Crippen LogP contribution in [0.1, 0.15) is 46.2 Å². The first-order chi connectivity index (χ1) is 15.8. The Balaban J connectivity index is 0.00000259. The van der Waals surface area contributed by atoms with Crippen LogP contribution >= 0.6 is 12.4 Å². The van der Waals surface area contributed by atoms with Crippen LogP contribution < -0.4 is 0 Å². The van der Waals surface area contributed by atoms with Gasteiger partial charge in [-0.2, -0.15) is 5.26 Å². The minimum Gasteiger partial charge on any atom is -0.299 e. The second kappa shape index (κ2) is 10.5. The molecule has 1 heterocycles. The molecule has 0 atom stereocenters. The van der Waals surface area contributed by atoms with Crippen LogP contribution in [0.15, 0.2) is 84.4 Å². The molecule has 0 unspecified atom stereocenters. The van der Waals surface area contributed by atoms with Gasteiger partial charge in [0.2, 0.25) is 0 Å². The van der Waals surface area contributed by atoms with Gasteiger partial charge < -0.3 is 0 Å². The maximum atomic E-state index is 8.93. The Labute approximate surface area is 202 Å². The third-order valence-electron chi connectivity index (χ3n) is 6.43. The Bertz CT molecular complexity index is 1200. The average Bonchev–Trinajstić information content (AvgIpc) is 3.02. The summed E-state index contributed by atoms with van der Waals surface area (Å²) >= 11 is 0. The zero-order valence-corrected chi connectivity index (χ0v) is 19.4. The summed E-state index contributed by atoms with van der Waals surface area (Å²) in [6, 6.07) is 27.5. The molecule has 0 radical (unpaired) electrons. The molecule has 0 aromatic heterocycles. The molecule has 3 heteroatoms. The molecule has 164 valence electrons. The molecule has 0 N–H and O–H groups in total. The number of nitriles is 1. The Morgan fingerprint density at radius 2 is 1.36 bits per heavy atom. The van der Waals surface area contributed by atoms with Gasteiger partial charge in [-0.15, -0.1) is 12.4 Å². The van der Waals surface area contributed by atoms with Gasteiger partial charge in [-0.25, -0.2) is 0 Å². The molecule has 2 aliphatic rings. The summed E-state index contributed by atoms with van der Waals surface area (Å²) in [7, 11) is 0. The Hall–Kier alpha value is -3.38. The number of rotatable bonds is 3. The van der Waals surface area contributed by atoms with E-state index >= 15 is 0 Å². The summed E-state index contributed by atoms with van der Waals surface area (Å²) in [5, 5.41) is 8.93. The van der Waals surface area contributed by atoms with Gasteiger partial charge in [0.15, 0.2) is 0 Å². The largest absolute Gasteiger partial charge is 0.299 e. The van der Waals surface area contributed by atoms with Crippen LogP contribution in [-0.2, 0) is 0 Å². The monoisotopic (exact) mass is 450 g/mol. The molecule has 0 saturated carbocycles. The summed E-state index contributed by atoms with van der Waals surface area (Å²) in [5.74, 6) is 0. The number of nitrogens with zero attached hydrogens (tertiary/aromatic N) is 2. The quantitative estimate of drug-likeness (QED) is 0.333. The van der Waals surface area contributed by atoms with Crippen molar-refractivity contribution in [3.8, 4) is 6.07 Å². The molecule has 1 aliphatic heterocycles. The predicted molar refractivity (Wildman–Crippen MR) is 141 cm³/mol. The number of hydrogen-bond acceptors (Lipinski definition) is 2. The minimum atomic E-state index is 0. The van der Waals surface area contributed by atoms with E-state index in [0.717, 1.165) is 38.0 Å². The third kappa shape index (κ3) is 5.01. The van der Waals surface area contributed by atoms with Gasteiger partial charge >= 0.3 is 0 Å². The highest BCUT2D eigenvalue weighted by Crippen LogP contribution is 2.38. The molecular formula is C30H27ClN2. The highest BCUT2D eigenvalue weighted by molar-refractivity contribution is 5.94. The minimum absolute atomic E-state index is 0. The first-order valence-electron chi connectivity index (χ1n) is 11.3. The molecule has 1 aliphatic carbocycles. The number of benzene rings is 3. The molecule has 2 nitrogen and oxygen atoms in total. The van der Waals surface area contributed by atoms with E-state index in [1.165, 1.54) is 27.8 Å². The highest BCUT2D eigenvalue weighted by atomic mass is 35.5. The van der Waals surface area contributed by atoms with Crippen LogP contribution in [0.5, 0.6) is 0 Å². The summed E-state index contributed by atoms with van der Waals surface area (Å²) in [6.07, 6.45) is 11.1. The van der Waals surface area contributed by atoms with Crippen molar-refractivity contribution >= 4 is 36.2 Å². The summed E-state index contributed by atoms with van der Waals surface area (Å²) in [6.45, 7) is 3.11. The van der Waals surface area contributed by atoms with Gasteiger partial charge in [-0.3, -0.25) is 4.90 Å². The number of likely N-dealkylation sites (tertiary alicyclic amines) is 1. The predicted octanol–water partition coefficient (Wildman–Crippen LogP) is 7.07. The lowest BCUT2D eigenvalue weighted by Gasteiger charge is -2.29. The average molecular weight is 451 g/mol. The van der Waals surface area contributed by atoms with Crippen LogP contribution in [0, 0.1) is 11.3 Å². The molecule has 3 aromatic rings. The standard InChI is InChI=1S/C30H26N2.ClH/c31-22-24-13-11-23(12-14-24)6-5-19-32-20-17-27(18-21-32)30-28-9-3-1-7-25(28)15-16-26-8-2-4-10-29(26)30;/h1-16H,17-21H2;1H. The van der Waals surface area contributed by atoms with Crippen molar-refractivity contribution in [2.75, 3.05) is 19.6 Å². The Morgan fingerprint density at radius 3 is 1.94 bits per heavy atom. The van der Waals surface area contributed by atoms with Gasteiger partial charge in [0.1, 0.15) is 0 Å². The van der Waals surface area contributed by atoms with Crippen molar-refractivity contribution in [3.63, 3.8) is 0 Å². The molecule has 1 saturated heterocycles. The first-order valence-corrected chi connectivity index (χ1v) is 11.3. The molecule has 0 spiro atoms. The van der Waals surface area contributed by atoms with Gasteiger partial charge in [0, 0.05) is 19.6 Å². The summed E-state index contributed by atoms with van der Waals surface area (Å²) in [4.78, 5) is 2.52. The zero-order chi connectivity index (χ0) is 21.8. The van der Waals surface area contributed by atoms with E-state index in [2.05, 4.69) is 83.8 Å². The van der Waals surface area contributed by atoms with Crippen molar-refractivity contribution in [1.82, 2.24) is 4.90 Å². The van der Waals surface area contributed by atoms with Crippen LogP contribution in [0.2, 0.25) is 0 Å². The lowest BCUT2D eigenvalue weighted by molar-refractivity contribution is 0.284. The number of halogens is 1. The summed E-state index contributed by atoms with van der Waals surface area (Å²) < 4.78 is 0. The third-order valence-corrected chi connectivity index (χ3v) is 6.43. The molecule has 3 aromatic carbocycles. The van der Waals surface area contributed by atoms with E-state index in [0.29, 0.717) is 5.56 Å². The lowest BCUT2D eigenvalue weighted by atomic mass is 9.86. The summed E-state index contributed by atoms with van der Waals surface area (Å²) in [5.41, 5.74) is 10.2. The molecule has 0 amide bonds. The fourth-order valence-electron chi connectivity index (χ4n) is 4.71. The van der Waals surface area contributed by atoms with E-state index in [-0.39, 0.29) is 12.4 Å². The van der Waals surface area contributed by atoms with E-state index in [1.807, 2.05) is 24.3 Å². The maximum Gasteiger partial charge on any atom is 0.0991 e. The number of fused-ring (bicyclic) bond motifs is 2. The number of hydrogen-bond donors (Lipinski definition) is 0. The van der Waals surface area contributed by atoms with E-state index in [4.69, 9.17) is 5.26 Å². The van der Waals surface area contributed by atoms with E-state index in [9.17, 15) is 0 Å². The normalized spacial score (nSPS) is 15.4. The van der Waals surface area contributed by atoms with Gasteiger partial charge in [0.25, 0.3) is 0 Å². The first kappa shape index (κ1) is 22.8. The fraction of sp³-hybridized carbons (Fsp3) is 0.167. The molecule has 33 heavy (non-hydrogen) atoms. The van der Waals surface area contributed by atoms with Crippen LogP contribution in [-0.4, -0.2) is 24.5 Å². The van der Waals surface area contributed by atoms with Crippen LogP contribution in [0.25, 0.3) is 23.8 Å². The molecule has 5 rings (SSSR count). The second-order valence-corrected chi connectivity index (χ2v) is 8.42. The van der Waals surface area contributed by atoms with Gasteiger partial charge in [0.05, 0.1) is 11.6 Å². The Morgan fingerprint density at radius 1 is 0.788 bits per heavy atom. The lowest BCUT2D eigenvalue weighted by Crippen LogP contribution is -2.31.